The Morgan fingerprint density at radius 2 is 1.92 bits per heavy atom. The number of H-pyrrole nitrogens is 1. The van der Waals surface area contributed by atoms with Gasteiger partial charge in [-0.05, 0) is 60.9 Å². The molecule has 5 nitrogen and oxygen atoms in total. The maximum Gasteiger partial charge on any atom is 0.273 e. The maximum absolute atomic E-state index is 12.5. The third-order valence-electron chi connectivity index (χ3n) is 4.09. The highest BCUT2D eigenvalue weighted by Crippen LogP contribution is 2.22. The molecule has 1 heterocycles. The lowest BCUT2D eigenvalue weighted by atomic mass is 10.0. The number of anilines is 1. The molecule has 134 valence electrons. The number of rotatable bonds is 6. The van der Waals surface area contributed by atoms with E-state index in [-0.39, 0.29) is 5.91 Å². The molecule has 0 aliphatic rings. The first kappa shape index (κ1) is 17.7. The van der Waals surface area contributed by atoms with Gasteiger partial charge in [-0.15, -0.1) is 0 Å². The number of nitrogens with zero attached hydrogens (tertiary/aromatic N) is 1. The van der Waals surface area contributed by atoms with E-state index in [2.05, 4.69) is 35.4 Å². The predicted molar refractivity (Wildman–Crippen MR) is 104 cm³/mol. The van der Waals surface area contributed by atoms with Crippen LogP contribution in [0.4, 0.5) is 5.69 Å². The second-order valence-electron chi connectivity index (χ2n) is 6.36. The van der Waals surface area contributed by atoms with Crippen LogP contribution in [-0.4, -0.2) is 22.7 Å². The summed E-state index contributed by atoms with van der Waals surface area (Å²) in [5.74, 6) is 1.01. The summed E-state index contributed by atoms with van der Waals surface area (Å²) in [6.45, 7) is 6.82. The van der Waals surface area contributed by atoms with Crippen molar-refractivity contribution in [2.24, 2.45) is 0 Å². The van der Waals surface area contributed by atoms with Crippen LogP contribution in [0.1, 0.15) is 42.7 Å². The van der Waals surface area contributed by atoms with E-state index in [0.29, 0.717) is 23.9 Å². The molecule has 1 aromatic heterocycles. The molecule has 0 spiro atoms. The average Bonchev–Trinajstić information content (AvgIpc) is 3.13. The summed E-state index contributed by atoms with van der Waals surface area (Å²) in [4.78, 5) is 12.5. The molecule has 5 heteroatoms. The van der Waals surface area contributed by atoms with Crippen molar-refractivity contribution in [3.63, 3.8) is 0 Å². The van der Waals surface area contributed by atoms with Crippen molar-refractivity contribution in [2.75, 3.05) is 11.9 Å². The number of hydrogen-bond acceptors (Lipinski definition) is 3. The first-order valence-electron chi connectivity index (χ1n) is 8.76. The average molecular weight is 349 g/mol. The van der Waals surface area contributed by atoms with Gasteiger partial charge in [0, 0.05) is 11.3 Å². The van der Waals surface area contributed by atoms with Gasteiger partial charge in [0.2, 0.25) is 0 Å². The normalized spacial score (nSPS) is 10.8. The number of ether oxygens (including phenoxy) is 1. The van der Waals surface area contributed by atoms with E-state index in [0.717, 1.165) is 17.0 Å². The Labute approximate surface area is 153 Å². The van der Waals surface area contributed by atoms with Gasteiger partial charge in [0.1, 0.15) is 11.4 Å². The van der Waals surface area contributed by atoms with Crippen LogP contribution in [0.3, 0.4) is 0 Å². The lowest BCUT2D eigenvalue weighted by Crippen LogP contribution is -2.12. The van der Waals surface area contributed by atoms with Crippen LogP contribution in [0.25, 0.3) is 11.3 Å². The molecular formula is C21H23N3O2. The zero-order valence-corrected chi connectivity index (χ0v) is 15.2. The third kappa shape index (κ3) is 4.11. The highest BCUT2D eigenvalue weighted by molar-refractivity contribution is 6.03. The van der Waals surface area contributed by atoms with Crippen molar-refractivity contribution in [3.05, 3.63) is 65.9 Å². The number of nitrogens with one attached hydrogen (secondary N) is 2. The van der Waals surface area contributed by atoms with E-state index in [1.165, 1.54) is 5.56 Å². The lowest BCUT2D eigenvalue weighted by Gasteiger charge is -2.08. The van der Waals surface area contributed by atoms with Gasteiger partial charge >= 0.3 is 0 Å². The molecule has 1 amide bonds. The quantitative estimate of drug-likeness (QED) is 0.668. The molecule has 0 bridgehead atoms. The first-order valence-corrected chi connectivity index (χ1v) is 8.76. The predicted octanol–water partition coefficient (Wildman–Crippen LogP) is 4.85. The van der Waals surface area contributed by atoms with E-state index in [4.69, 9.17) is 4.74 Å². The summed E-state index contributed by atoms with van der Waals surface area (Å²) in [6.07, 6.45) is 0. The minimum Gasteiger partial charge on any atom is -0.494 e. The van der Waals surface area contributed by atoms with E-state index in [9.17, 15) is 4.79 Å². The number of aromatic amines is 1. The SMILES string of the molecule is CCOc1ccc(-c2cc(C(=O)Nc3cccc(C(C)C)c3)[nH]n2)cc1. The lowest BCUT2D eigenvalue weighted by molar-refractivity contribution is 0.102. The highest BCUT2D eigenvalue weighted by Gasteiger charge is 2.12. The van der Waals surface area contributed by atoms with Crippen molar-refractivity contribution >= 4 is 11.6 Å². The van der Waals surface area contributed by atoms with Crippen LogP contribution >= 0.6 is 0 Å². The Kier molecular flexibility index (Phi) is 5.37. The summed E-state index contributed by atoms with van der Waals surface area (Å²) in [5.41, 5.74) is 4.02. The van der Waals surface area contributed by atoms with Gasteiger partial charge in [-0.3, -0.25) is 9.89 Å². The standard InChI is InChI=1S/C21H23N3O2/c1-4-26-18-10-8-15(9-11-18)19-13-20(24-23-19)21(25)22-17-7-5-6-16(12-17)14(2)3/h5-14H,4H2,1-3H3,(H,22,25)(H,23,24). The van der Waals surface area contributed by atoms with Crippen LogP contribution in [0.2, 0.25) is 0 Å². The van der Waals surface area contributed by atoms with Gasteiger partial charge in [0.05, 0.1) is 12.3 Å². The van der Waals surface area contributed by atoms with E-state index < -0.39 is 0 Å². The number of aromatic nitrogens is 2. The molecular weight excluding hydrogens is 326 g/mol. The molecule has 26 heavy (non-hydrogen) atoms. The van der Waals surface area contributed by atoms with Crippen LogP contribution in [0.5, 0.6) is 5.75 Å². The van der Waals surface area contributed by atoms with Crippen molar-refractivity contribution in [2.45, 2.75) is 26.7 Å². The second-order valence-corrected chi connectivity index (χ2v) is 6.36. The summed E-state index contributed by atoms with van der Waals surface area (Å²) < 4.78 is 5.44. The van der Waals surface area contributed by atoms with Crippen LogP contribution in [0.15, 0.2) is 54.6 Å². The smallest absolute Gasteiger partial charge is 0.273 e. The molecule has 0 fully saturated rings. The Bertz CT molecular complexity index is 882. The van der Waals surface area contributed by atoms with Crippen LogP contribution in [0, 0.1) is 0 Å². The van der Waals surface area contributed by atoms with Crippen LogP contribution < -0.4 is 10.1 Å². The van der Waals surface area contributed by atoms with Gasteiger partial charge in [0.15, 0.2) is 0 Å². The van der Waals surface area contributed by atoms with Crippen molar-refractivity contribution in [1.82, 2.24) is 10.2 Å². The van der Waals surface area contributed by atoms with Crippen molar-refractivity contribution in [3.8, 4) is 17.0 Å². The molecule has 0 saturated heterocycles. The number of benzene rings is 2. The number of amides is 1. The van der Waals surface area contributed by atoms with Crippen LogP contribution in [-0.2, 0) is 0 Å². The molecule has 0 radical (unpaired) electrons. The Morgan fingerprint density at radius 3 is 2.62 bits per heavy atom. The Balaban J connectivity index is 1.72. The number of hydrogen-bond donors (Lipinski definition) is 2. The van der Waals surface area contributed by atoms with Gasteiger partial charge in [-0.2, -0.15) is 5.10 Å². The maximum atomic E-state index is 12.5. The molecule has 0 unspecified atom stereocenters. The fourth-order valence-corrected chi connectivity index (χ4v) is 2.65. The first-order chi connectivity index (χ1) is 12.6. The molecule has 0 aliphatic heterocycles. The van der Waals surface area contributed by atoms with Gasteiger partial charge in [-0.1, -0.05) is 26.0 Å². The van der Waals surface area contributed by atoms with E-state index in [1.807, 2.05) is 49.4 Å². The fourth-order valence-electron chi connectivity index (χ4n) is 2.65. The summed E-state index contributed by atoms with van der Waals surface area (Å²) in [6, 6.07) is 17.3. The Morgan fingerprint density at radius 1 is 1.15 bits per heavy atom. The molecule has 2 aromatic carbocycles. The summed E-state index contributed by atoms with van der Waals surface area (Å²) >= 11 is 0. The molecule has 3 aromatic rings. The largest absolute Gasteiger partial charge is 0.494 e. The molecule has 0 atom stereocenters. The molecule has 0 saturated carbocycles. The zero-order chi connectivity index (χ0) is 18.5. The molecule has 3 rings (SSSR count). The third-order valence-corrected chi connectivity index (χ3v) is 4.09. The zero-order valence-electron chi connectivity index (χ0n) is 15.2. The fraction of sp³-hybridized carbons (Fsp3) is 0.238. The summed E-state index contributed by atoms with van der Waals surface area (Å²) in [7, 11) is 0. The Hall–Kier alpha value is -3.08. The monoisotopic (exact) mass is 349 g/mol. The molecule has 2 N–H and O–H groups in total. The number of carbonyl (C=O) groups is 1. The minimum atomic E-state index is -0.212. The van der Waals surface area contributed by atoms with Gasteiger partial charge in [-0.25, -0.2) is 0 Å². The van der Waals surface area contributed by atoms with Crippen molar-refractivity contribution in [1.29, 1.82) is 0 Å². The summed E-state index contributed by atoms with van der Waals surface area (Å²) in [5, 5.41) is 9.97. The minimum absolute atomic E-state index is 0.212. The van der Waals surface area contributed by atoms with Crippen molar-refractivity contribution < 1.29 is 9.53 Å². The van der Waals surface area contributed by atoms with Gasteiger partial charge < -0.3 is 10.1 Å². The van der Waals surface area contributed by atoms with E-state index >= 15 is 0 Å². The topological polar surface area (TPSA) is 67.0 Å². The van der Waals surface area contributed by atoms with E-state index in [1.54, 1.807) is 6.07 Å². The molecule has 0 aliphatic carbocycles. The van der Waals surface area contributed by atoms with Gasteiger partial charge in [0.25, 0.3) is 5.91 Å². The second kappa shape index (κ2) is 7.87. The highest BCUT2D eigenvalue weighted by atomic mass is 16.5. The number of carbonyl (C=O) groups excluding carboxylic acids is 1.